The number of hydrogen-bond acceptors (Lipinski definition) is 5. The van der Waals surface area contributed by atoms with Crippen molar-refractivity contribution < 1.29 is 24.2 Å². The van der Waals surface area contributed by atoms with Crippen molar-refractivity contribution in [2.75, 3.05) is 5.75 Å². The van der Waals surface area contributed by atoms with Crippen LogP contribution in [0, 0.1) is 0 Å². The zero-order chi connectivity index (χ0) is 20.4. The van der Waals surface area contributed by atoms with E-state index in [9.17, 15) is 14.4 Å². The Labute approximate surface area is 168 Å². The number of carboxylic acid groups (broad SMARTS) is 1. The van der Waals surface area contributed by atoms with Crippen LogP contribution in [-0.4, -0.2) is 40.9 Å². The summed E-state index contributed by atoms with van der Waals surface area (Å²) in [5, 5.41) is 14.0. The van der Waals surface area contributed by atoms with Crippen LogP contribution in [0.5, 0.6) is 0 Å². The molecule has 0 saturated heterocycles. The highest BCUT2D eigenvalue weighted by Crippen LogP contribution is 2.06. The first-order valence-electron chi connectivity index (χ1n) is 8.64. The van der Waals surface area contributed by atoms with Gasteiger partial charge in [-0.15, -0.1) is 0 Å². The van der Waals surface area contributed by atoms with Crippen molar-refractivity contribution in [2.45, 2.75) is 25.1 Å². The van der Waals surface area contributed by atoms with Gasteiger partial charge in [-0.3, -0.25) is 4.79 Å². The summed E-state index contributed by atoms with van der Waals surface area (Å²) in [7, 11) is 0. The molecule has 0 aromatic heterocycles. The minimum Gasteiger partial charge on any atom is -0.480 e. The first kappa shape index (κ1) is 21.3. The van der Waals surface area contributed by atoms with Crippen molar-refractivity contribution in [3.63, 3.8) is 0 Å². The van der Waals surface area contributed by atoms with E-state index < -0.39 is 30.1 Å². The number of aliphatic carboxylic acids is 1. The second kappa shape index (κ2) is 11.0. The molecule has 2 aromatic carbocycles. The Kier molecular flexibility index (Phi) is 8.36. The van der Waals surface area contributed by atoms with Gasteiger partial charge in [0.1, 0.15) is 18.7 Å². The highest BCUT2D eigenvalue weighted by atomic mass is 32.1. The van der Waals surface area contributed by atoms with E-state index in [4.69, 9.17) is 9.84 Å². The Balaban J connectivity index is 2.03. The van der Waals surface area contributed by atoms with Crippen molar-refractivity contribution in [2.24, 2.45) is 0 Å². The van der Waals surface area contributed by atoms with Crippen LogP contribution in [0.1, 0.15) is 11.1 Å². The Hall–Kier alpha value is -3.00. The number of carboxylic acids is 1. The second-order valence-electron chi connectivity index (χ2n) is 6.03. The normalized spacial score (nSPS) is 12.5. The summed E-state index contributed by atoms with van der Waals surface area (Å²) in [5.74, 6) is -1.90. The van der Waals surface area contributed by atoms with Crippen molar-refractivity contribution in [1.82, 2.24) is 10.6 Å². The van der Waals surface area contributed by atoms with Gasteiger partial charge in [0.25, 0.3) is 0 Å². The molecule has 0 fully saturated rings. The maximum Gasteiger partial charge on any atom is 0.408 e. The third kappa shape index (κ3) is 6.96. The largest absolute Gasteiger partial charge is 0.480 e. The molecule has 3 N–H and O–H groups in total. The first-order valence-corrected chi connectivity index (χ1v) is 9.28. The van der Waals surface area contributed by atoms with Crippen molar-refractivity contribution in [3.05, 3.63) is 71.8 Å². The van der Waals surface area contributed by atoms with E-state index in [0.29, 0.717) is 0 Å². The predicted molar refractivity (Wildman–Crippen MR) is 107 cm³/mol. The van der Waals surface area contributed by atoms with Gasteiger partial charge in [-0.1, -0.05) is 60.7 Å². The number of ether oxygens (including phenoxy) is 1. The number of benzene rings is 2. The lowest BCUT2D eigenvalue weighted by Gasteiger charge is -2.20. The second-order valence-corrected chi connectivity index (χ2v) is 6.40. The number of rotatable bonds is 9. The molecular weight excluding hydrogens is 380 g/mol. The third-order valence-electron chi connectivity index (χ3n) is 3.90. The van der Waals surface area contributed by atoms with E-state index in [1.54, 1.807) is 0 Å². The van der Waals surface area contributed by atoms with E-state index in [1.807, 2.05) is 60.7 Å². The summed E-state index contributed by atoms with van der Waals surface area (Å²) in [6, 6.07) is 16.1. The molecular formula is C20H22N2O5S. The van der Waals surface area contributed by atoms with Gasteiger partial charge in [-0.05, 0) is 11.1 Å². The lowest BCUT2D eigenvalue weighted by atomic mass is 10.1. The molecule has 7 nitrogen and oxygen atoms in total. The number of amides is 2. The van der Waals surface area contributed by atoms with E-state index >= 15 is 0 Å². The molecule has 0 aliphatic carbocycles. The zero-order valence-electron chi connectivity index (χ0n) is 15.1. The van der Waals surface area contributed by atoms with E-state index in [-0.39, 0.29) is 18.8 Å². The summed E-state index contributed by atoms with van der Waals surface area (Å²) in [6.45, 7) is 0.0563. The fourth-order valence-corrected chi connectivity index (χ4v) is 2.67. The molecule has 0 bridgehead atoms. The molecule has 0 aliphatic heterocycles. The molecule has 2 rings (SSSR count). The maximum absolute atomic E-state index is 12.6. The van der Waals surface area contributed by atoms with E-state index in [2.05, 4.69) is 23.3 Å². The van der Waals surface area contributed by atoms with Crippen LogP contribution in [0.15, 0.2) is 60.7 Å². The van der Waals surface area contributed by atoms with Gasteiger partial charge in [-0.25, -0.2) is 9.59 Å². The Morgan fingerprint density at radius 1 is 0.893 bits per heavy atom. The summed E-state index contributed by atoms with van der Waals surface area (Å²) >= 11 is 3.93. The van der Waals surface area contributed by atoms with Crippen LogP contribution in [0.3, 0.4) is 0 Å². The van der Waals surface area contributed by atoms with Crippen molar-refractivity contribution in [1.29, 1.82) is 0 Å². The van der Waals surface area contributed by atoms with Gasteiger partial charge in [-0.2, -0.15) is 12.6 Å². The van der Waals surface area contributed by atoms with Crippen LogP contribution in [-0.2, 0) is 27.4 Å². The van der Waals surface area contributed by atoms with Crippen LogP contribution >= 0.6 is 12.6 Å². The Bertz CT molecular complexity index is 786. The molecule has 0 aliphatic rings. The first-order chi connectivity index (χ1) is 13.5. The van der Waals surface area contributed by atoms with Gasteiger partial charge >= 0.3 is 12.1 Å². The van der Waals surface area contributed by atoms with Crippen LogP contribution in [0.4, 0.5) is 4.79 Å². The van der Waals surface area contributed by atoms with Gasteiger partial charge in [0.15, 0.2) is 0 Å². The molecule has 0 unspecified atom stereocenters. The van der Waals surface area contributed by atoms with Gasteiger partial charge in [0, 0.05) is 12.2 Å². The highest BCUT2D eigenvalue weighted by molar-refractivity contribution is 7.80. The SMILES string of the molecule is O=C(N[C@@H](Cc1ccccc1)C(=O)N[C@@H](CS)C(=O)O)OCc1ccccc1. The fraction of sp³-hybridized carbons (Fsp3) is 0.250. The molecule has 0 radical (unpaired) electrons. The number of alkyl carbamates (subject to hydrolysis) is 1. The smallest absolute Gasteiger partial charge is 0.408 e. The van der Waals surface area contributed by atoms with E-state index in [1.165, 1.54) is 0 Å². The molecule has 0 spiro atoms. The molecule has 2 atom stereocenters. The minimum absolute atomic E-state index is 0.0563. The van der Waals surface area contributed by atoms with Gasteiger partial charge in [0.2, 0.25) is 5.91 Å². The van der Waals surface area contributed by atoms with Crippen LogP contribution < -0.4 is 10.6 Å². The summed E-state index contributed by atoms with van der Waals surface area (Å²) < 4.78 is 5.16. The highest BCUT2D eigenvalue weighted by Gasteiger charge is 2.26. The number of carbonyl (C=O) groups excluding carboxylic acids is 2. The molecule has 8 heteroatoms. The lowest BCUT2D eigenvalue weighted by Crippen LogP contribution is -2.53. The fourth-order valence-electron chi connectivity index (χ4n) is 2.42. The number of carbonyl (C=O) groups is 3. The molecule has 0 heterocycles. The predicted octanol–water partition coefficient (Wildman–Crippen LogP) is 2.02. The Morgan fingerprint density at radius 2 is 1.46 bits per heavy atom. The topological polar surface area (TPSA) is 105 Å². The maximum atomic E-state index is 12.6. The van der Waals surface area contributed by atoms with Crippen LogP contribution in [0.2, 0.25) is 0 Å². The minimum atomic E-state index is -1.20. The van der Waals surface area contributed by atoms with Crippen molar-refractivity contribution in [3.8, 4) is 0 Å². The quantitative estimate of drug-likeness (QED) is 0.481. The number of hydrogen-bond donors (Lipinski definition) is 4. The average molecular weight is 402 g/mol. The molecule has 0 saturated carbocycles. The summed E-state index contributed by atoms with van der Waals surface area (Å²) in [4.78, 5) is 35.9. The van der Waals surface area contributed by atoms with Gasteiger partial charge in [0.05, 0.1) is 0 Å². The summed E-state index contributed by atoms with van der Waals surface area (Å²) in [5.41, 5.74) is 1.62. The zero-order valence-corrected chi connectivity index (χ0v) is 16.0. The Morgan fingerprint density at radius 3 is 2.00 bits per heavy atom. The average Bonchev–Trinajstić information content (AvgIpc) is 2.71. The van der Waals surface area contributed by atoms with Crippen LogP contribution in [0.25, 0.3) is 0 Å². The van der Waals surface area contributed by atoms with E-state index in [0.717, 1.165) is 11.1 Å². The third-order valence-corrected chi connectivity index (χ3v) is 4.27. The molecule has 28 heavy (non-hydrogen) atoms. The summed E-state index contributed by atoms with van der Waals surface area (Å²) in [6.07, 6.45) is -0.580. The number of thiol groups is 1. The van der Waals surface area contributed by atoms with Crippen molar-refractivity contribution >= 4 is 30.6 Å². The monoisotopic (exact) mass is 402 g/mol. The molecule has 2 amide bonds. The van der Waals surface area contributed by atoms with Gasteiger partial charge < -0.3 is 20.5 Å². The standard InChI is InChI=1S/C20H22N2O5S/c23-18(21-17(13-28)19(24)25)16(11-14-7-3-1-4-8-14)22-20(26)27-12-15-9-5-2-6-10-15/h1-10,16-17,28H,11-13H2,(H,21,23)(H,22,26)(H,24,25)/t16-,17-/m0/s1. The number of nitrogens with one attached hydrogen (secondary N) is 2. The lowest BCUT2D eigenvalue weighted by molar-refractivity contribution is -0.141. The molecule has 2 aromatic rings. The molecule has 148 valence electrons.